The zero-order valence-electron chi connectivity index (χ0n) is 15.0. The molecule has 1 saturated heterocycles. The molecular formula is C20H21Cl2NO3S. The average Bonchev–Trinajstić information content (AvgIpc) is 3.26. The Balaban J connectivity index is 1.70. The van der Waals surface area contributed by atoms with Gasteiger partial charge in [-0.15, -0.1) is 0 Å². The van der Waals surface area contributed by atoms with Crippen LogP contribution in [0.15, 0.2) is 41.3 Å². The molecule has 144 valence electrons. The molecule has 0 unspecified atom stereocenters. The van der Waals surface area contributed by atoms with Gasteiger partial charge >= 0.3 is 0 Å². The van der Waals surface area contributed by atoms with Gasteiger partial charge in [0.2, 0.25) is 0 Å². The van der Waals surface area contributed by atoms with Crippen LogP contribution >= 0.6 is 23.2 Å². The highest BCUT2D eigenvalue weighted by Crippen LogP contribution is 2.43. The molecule has 2 aromatic carbocycles. The summed E-state index contributed by atoms with van der Waals surface area (Å²) in [6.07, 6.45) is 4.30. The lowest BCUT2D eigenvalue weighted by Gasteiger charge is -2.30. The van der Waals surface area contributed by atoms with Gasteiger partial charge in [-0.25, -0.2) is 8.42 Å². The molecule has 0 N–H and O–H groups in total. The van der Waals surface area contributed by atoms with E-state index in [1.54, 1.807) is 6.07 Å². The van der Waals surface area contributed by atoms with Gasteiger partial charge in [-0.1, -0.05) is 47.5 Å². The molecule has 1 heterocycles. The van der Waals surface area contributed by atoms with E-state index in [4.69, 9.17) is 27.9 Å². The van der Waals surface area contributed by atoms with E-state index in [0.717, 1.165) is 31.3 Å². The van der Waals surface area contributed by atoms with Crippen molar-refractivity contribution in [1.82, 2.24) is 4.90 Å². The number of halogens is 2. The molecule has 2 aromatic rings. The lowest BCUT2D eigenvalue weighted by atomic mass is 10.1. The molecule has 4 nitrogen and oxygen atoms in total. The molecule has 27 heavy (non-hydrogen) atoms. The van der Waals surface area contributed by atoms with Crippen molar-refractivity contribution < 1.29 is 13.2 Å². The molecular weight excluding hydrogens is 405 g/mol. The van der Waals surface area contributed by atoms with E-state index in [1.165, 1.54) is 24.5 Å². The van der Waals surface area contributed by atoms with Gasteiger partial charge in [0.05, 0.1) is 16.0 Å². The van der Waals surface area contributed by atoms with Crippen LogP contribution in [0.4, 0.5) is 0 Å². The molecule has 7 heteroatoms. The maximum Gasteiger partial charge on any atom is 0.177 e. The number of fused-ring (bicyclic) bond motifs is 1. The highest BCUT2D eigenvalue weighted by atomic mass is 35.5. The zero-order valence-corrected chi connectivity index (χ0v) is 17.3. The van der Waals surface area contributed by atoms with Gasteiger partial charge in [0, 0.05) is 6.26 Å². The Bertz CT molecular complexity index is 971. The van der Waals surface area contributed by atoms with Gasteiger partial charge in [0.15, 0.2) is 9.84 Å². The van der Waals surface area contributed by atoms with Crippen molar-refractivity contribution in [3.05, 3.63) is 57.6 Å². The Kier molecular flexibility index (Phi) is 5.14. The average molecular weight is 426 g/mol. The third-order valence-corrected chi connectivity index (χ3v) is 7.53. The maximum absolute atomic E-state index is 11.9. The summed E-state index contributed by atoms with van der Waals surface area (Å²) >= 11 is 12.6. The summed E-state index contributed by atoms with van der Waals surface area (Å²) in [5.74, 6) is 0.417. The number of ether oxygens (including phenoxy) is 1. The first kappa shape index (κ1) is 19.1. The summed E-state index contributed by atoms with van der Waals surface area (Å²) in [7, 11) is -3.45. The van der Waals surface area contributed by atoms with E-state index in [0.29, 0.717) is 5.75 Å². The Morgan fingerprint density at radius 2 is 1.74 bits per heavy atom. The molecule has 0 saturated carbocycles. The first-order valence-corrected chi connectivity index (χ1v) is 11.7. The summed E-state index contributed by atoms with van der Waals surface area (Å²) in [5, 5.41) is 0.157. The van der Waals surface area contributed by atoms with Gasteiger partial charge in [0.1, 0.15) is 16.9 Å². The van der Waals surface area contributed by atoms with E-state index in [9.17, 15) is 8.42 Å². The van der Waals surface area contributed by atoms with Gasteiger partial charge in [-0.2, -0.15) is 0 Å². The summed E-state index contributed by atoms with van der Waals surface area (Å²) in [4.78, 5) is 2.50. The molecule has 0 amide bonds. The summed E-state index contributed by atoms with van der Waals surface area (Å²) in [6.45, 7) is 2.14. The number of benzene rings is 2. The van der Waals surface area contributed by atoms with Crippen LogP contribution in [0.3, 0.4) is 0 Å². The van der Waals surface area contributed by atoms with Crippen LogP contribution in [0.2, 0.25) is 10.0 Å². The maximum atomic E-state index is 11.9. The third kappa shape index (κ3) is 3.58. The van der Waals surface area contributed by atoms with E-state index in [2.05, 4.69) is 17.0 Å². The van der Waals surface area contributed by atoms with Crippen molar-refractivity contribution in [3.63, 3.8) is 0 Å². The Hall–Kier alpha value is -1.27. The van der Waals surface area contributed by atoms with Crippen LogP contribution in [0.5, 0.6) is 5.75 Å². The fourth-order valence-corrected chi connectivity index (χ4v) is 5.69. The van der Waals surface area contributed by atoms with Crippen LogP contribution in [-0.4, -0.2) is 38.7 Å². The second-order valence-electron chi connectivity index (χ2n) is 7.21. The van der Waals surface area contributed by atoms with Gasteiger partial charge in [0.25, 0.3) is 0 Å². The highest BCUT2D eigenvalue weighted by Gasteiger charge is 2.39. The smallest absolute Gasteiger partial charge is 0.177 e. The van der Waals surface area contributed by atoms with Crippen LogP contribution in [0.1, 0.15) is 30.1 Å². The fraction of sp³-hybridized carbons (Fsp3) is 0.400. The van der Waals surface area contributed by atoms with Crippen molar-refractivity contribution in [3.8, 4) is 5.75 Å². The second kappa shape index (κ2) is 7.28. The molecule has 1 aliphatic heterocycles. The molecule has 1 fully saturated rings. The molecule has 0 radical (unpaired) electrons. The summed E-state index contributed by atoms with van der Waals surface area (Å²) < 4.78 is 30.1. The molecule has 1 aliphatic carbocycles. The summed E-state index contributed by atoms with van der Waals surface area (Å²) in [6, 6.07) is 11.6. The first-order valence-electron chi connectivity index (χ1n) is 9.03. The minimum absolute atomic E-state index is 0.0145. The highest BCUT2D eigenvalue weighted by molar-refractivity contribution is 7.90. The monoisotopic (exact) mass is 425 g/mol. The van der Waals surface area contributed by atoms with Crippen LogP contribution < -0.4 is 4.74 Å². The number of hydrogen-bond donors (Lipinski definition) is 0. The van der Waals surface area contributed by atoms with Crippen molar-refractivity contribution in [2.75, 3.05) is 19.3 Å². The van der Waals surface area contributed by atoms with Gasteiger partial charge in [-0.05, 0) is 55.6 Å². The lowest BCUT2D eigenvalue weighted by molar-refractivity contribution is 0.0941. The Morgan fingerprint density at radius 1 is 1.04 bits per heavy atom. The number of nitrogens with zero attached hydrogens (tertiary/aromatic N) is 1. The van der Waals surface area contributed by atoms with E-state index in [-0.39, 0.29) is 27.1 Å². The van der Waals surface area contributed by atoms with Crippen molar-refractivity contribution in [2.45, 2.75) is 36.3 Å². The number of likely N-dealkylation sites (tertiary alicyclic amines) is 1. The van der Waals surface area contributed by atoms with Gasteiger partial charge < -0.3 is 4.74 Å². The first-order chi connectivity index (χ1) is 12.9. The van der Waals surface area contributed by atoms with E-state index >= 15 is 0 Å². The predicted molar refractivity (Wildman–Crippen MR) is 108 cm³/mol. The van der Waals surface area contributed by atoms with Crippen molar-refractivity contribution in [2.24, 2.45) is 0 Å². The zero-order chi connectivity index (χ0) is 19.2. The Labute approximate surface area is 170 Å². The topological polar surface area (TPSA) is 46.6 Å². The fourth-order valence-electron chi connectivity index (χ4n) is 4.10. The standard InChI is InChI=1S/C20H21Cl2NO3S/c1-27(24,25)17-9-8-16(18(21)19(17)22)26-20-14-7-3-2-6-13(14)12-15(20)23-10-4-5-11-23/h2-3,6-9,15,20H,4-5,10-12H2,1H3/t15-,20-/m0/s1. The SMILES string of the molecule is CS(=O)(=O)c1ccc(O[C@H]2c3ccccc3C[C@@H]2N2CCCC2)c(Cl)c1Cl. The molecule has 4 rings (SSSR count). The predicted octanol–water partition coefficient (Wildman–Crippen LogP) is 4.54. The molecule has 0 aromatic heterocycles. The molecule has 2 aliphatic rings. The molecule has 0 bridgehead atoms. The van der Waals surface area contributed by atoms with E-state index in [1.807, 2.05) is 12.1 Å². The minimum atomic E-state index is -3.45. The van der Waals surface area contributed by atoms with Gasteiger partial charge in [-0.3, -0.25) is 4.90 Å². The van der Waals surface area contributed by atoms with E-state index < -0.39 is 9.84 Å². The number of hydrogen-bond acceptors (Lipinski definition) is 4. The normalized spacial score (nSPS) is 22.8. The molecule has 0 spiro atoms. The van der Waals surface area contributed by atoms with Crippen LogP contribution in [0.25, 0.3) is 0 Å². The quantitative estimate of drug-likeness (QED) is 0.721. The van der Waals surface area contributed by atoms with Crippen LogP contribution in [-0.2, 0) is 16.3 Å². The second-order valence-corrected chi connectivity index (χ2v) is 9.95. The molecule has 2 atom stereocenters. The number of sulfone groups is 1. The van der Waals surface area contributed by atoms with Crippen LogP contribution in [0, 0.1) is 0 Å². The minimum Gasteiger partial charge on any atom is -0.482 e. The Morgan fingerprint density at radius 3 is 2.44 bits per heavy atom. The van der Waals surface area contributed by atoms with Crippen molar-refractivity contribution >= 4 is 33.0 Å². The van der Waals surface area contributed by atoms with Crippen molar-refractivity contribution in [1.29, 1.82) is 0 Å². The third-order valence-electron chi connectivity index (χ3n) is 5.41. The summed E-state index contributed by atoms with van der Waals surface area (Å²) in [5.41, 5.74) is 2.45. The number of rotatable bonds is 4. The lowest BCUT2D eigenvalue weighted by Crippen LogP contribution is -2.38. The largest absolute Gasteiger partial charge is 0.482 e.